The number of anilines is 1. The largest absolute Gasteiger partial charge is 0.486 e. The third-order valence-electron chi connectivity index (χ3n) is 5.53. The molecule has 0 saturated heterocycles. The topological polar surface area (TPSA) is 111 Å². The number of hydrogen-bond donors (Lipinski definition) is 1. The molecule has 0 aromatic heterocycles. The van der Waals surface area contributed by atoms with E-state index in [1.54, 1.807) is 18.2 Å². The highest BCUT2D eigenvalue weighted by Gasteiger charge is 2.39. The van der Waals surface area contributed by atoms with E-state index < -0.39 is 16.7 Å². The minimum atomic E-state index is -0.518. The Bertz CT molecular complexity index is 1320. The van der Waals surface area contributed by atoms with E-state index in [0.717, 1.165) is 10.5 Å². The number of benzene rings is 3. The van der Waals surface area contributed by atoms with Crippen LogP contribution < -0.4 is 14.8 Å². The number of hydrogen-bond acceptors (Lipinski definition) is 7. The number of rotatable bonds is 6. The van der Waals surface area contributed by atoms with Crippen LogP contribution in [0.3, 0.4) is 0 Å². The fraction of sp³-hybridized carbons (Fsp3) is 0.120. The Labute approximate surface area is 194 Å². The Kier molecular flexibility index (Phi) is 5.43. The number of non-ortho nitro benzene ring substituents is 1. The van der Waals surface area contributed by atoms with E-state index in [9.17, 15) is 19.7 Å². The van der Waals surface area contributed by atoms with E-state index in [0.29, 0.717) is 36.0 Å². The first-order valence-electron chi connectivity index (χ1n) is 10.6. The molecule has 5 rings (SSSR count). The lowest BCUT2D eigenvalue weighted by Gasteiger charge is -2.19. The van der Waals surface area contributed by atoms with E-state index in [4.69, 9.17) is 9.47 Å². The maximum Gasteiger partial charge on any atom is 0.278 e. The van der Waals surface area contributed by atoms with Crippen LogP contribution in [0.15, 0.2) is 78.5 Å². The number of imide groups is 1. The quantitative estimate of drug-likeness (QED) is 0.341. The van der Waals surface area contributed by atoms with E-state index in [-0.39, 0.29) is 23.5 Å². The normalized spacial score (nSPS) is 15.0. The van der Waals surface area contributed by atoms with Crippen LogP contribution >= 0.6 is 0 Å². The Morgan fingerprint density at radius 3 is 2.29 bits per heavy atom. The van der Waals surface area contributed by atoms with Gasteiger partial charge in [-0.25, -0.2) is 0 Å². The van der Waals surface area contributed by atoms with E-state index in [1.807, 2.05) is 30.3 Å². The van der Waals surface area contributed by atoms with Gasteiger partial charge in [-0.3, -0.25) is 24.6 Å². The van der Waals surface area contributed by atoms with Gasteiger partial charge in [-0.2, -0.15) is 0 Å². The predicted molar refractivity (Wildman–Crippen MR) is 123 cm³/mol. The Balaban J connectivity index is 1.53. The summed E-state index contributed by atoms with van der Waals surface area (Å²) in [6.07, 6.45) is 0. The Hall–Kier alpha value is -4.66. The maximum absolute atomic E-state index is 13.4. The first-order chi connectivity index (χ1) is 16.5. The molecule has 2 heterocycles. The van der Waals surface area contributed by atoms with Crippen LogP contribution in [0, 0.1) is 10.1 Å². The Morgan fingerprint density at radius 2 is 1.59 bits per heavy atom. The molecule has 34 heavy (non-hydrogen) atoms. The summed E-state index contributed by atoms with van der Waals surface area (Å²) in [5.41, 5.74) is 1.87. The number of amides is 2. The molecule has 0 bridgehead atoms. The van der Waals surface area contributed by atoms with Crippen molar-refractivity contribution in [3.63, 3.8) is 0 Å². The highest BCUT2D eigenvalue weighted by atomic mass is 16.6. The minimum absolute atomic E-state index is 0.0893. The van der Waals surface area contributed by atoms with Crippen LogP contribution in [-0.2, 0) is 16.1 Å². The fourth-order valence-corrected chi connectivity index (χ4v) is 3.88. The predicted octanol–water partition coefficient (Wildman–Crippen LogP) is 3.76. The summed E-state index contributed by atoms with van der Waals surface area (Å²) in [6, 6.07) is 19.9. The zero-order valence-electron chi connectivity index (χ0n) is 17.9. The van der Waals surface area contributed by atoms with Gasteiger partial charge in [-0.1, -0.05) is 30.3 Å². The number of nitro benzene ring substituents is 1. The summed E-state index contributed by atoms with van der Waals surface area (Å²) in [6.45, 7) is 0.966. The van der Waals surface area contributed by atoms with Crippen LogP contribution in [0.4, 0.5) is 11.4 Å². The number of nitro groups is 1. The summed E-state index contributed by atoms with van der Waals surface area (Å²) < 4.78 is 11.2. The molecule has 9 heteroatoms. The van der Waals surface area contributed by atoms with Gasteiger partial charge in [0, 0.05) is 23.9 Å². The monoisotopic (exact) mass is 457 g/mol. The fourth-order valence-electron chi connectivity index (χ4n) is 3.88. The molecule has 2 aliphatic heterocycles. The van der Waals surface area contributed by atoms with Gasteiger partial charge in [0.25, 0.3) is 17.5 Å². The molecule has 0 radical (unpaired) electrons. The van der Waals surface area contributed by atoms with Crippen LogP contribution in [-0.4, -0.2) is 34.9 Å². The van der Waals surface area contributed by atoms with Gasteiger partial charge in [0.15, 0.2) is 11.5 Å². The second-order valence-corrected chi connectivity index (χ2v) is 7.72. The van der Waals surface area contributed by atoms with Crippen molar-refractivity contribution >= 4 is 28.8 Å². The molecule has 2 amide bonds. The first kappa shape index (κ1) is 21.2. The molecular formula is C25H19N3O6. The first-order valence-corrected chi connectivity index (χ1v) is 10.6. The Morgan fingerprint density at radius 1 is 0.882 bits per heavy atom. The minimum Gasteiger partial charge on any atom is -0.486 e. The molecule has 3 aromatic carbocycles. The molecule has 0 aliphatic carbocycles. The summed E-state index contributed by atoms with van der Waals surface area (Å²) >= 11 is 0. The molecule has 0 unspecified atom stereocenters. The van der Waals surface area contributed by atoms with Gasteiger partial charge >= 0.3 is 0 Å². The lowest BCUT2D eigenvalue weighted by Crippen LogP contribution is -2.32. The summed E-state index contributed by atoms with van der Waals surface area (Å²) in [4.78, 5) is 38.5. The lowest BCUT2D eigenvalue weighted by molar-refractivity contribution is -0.384. The highest BCUT2D eigenvalue weighted by molar-refractivity contribution is 6.36. The van der Waals surface area contributed by atoms with Gasteiger partial charge in [-0.15, -0.1) is 0 Å². The van der Waals surface area contributed by atoms with Crippen molar-refractivity contribution in [1.29, 1.82) is 0 Å². The molecule has 9 nitrogen and oxygen atoms in total. The van der Waals surface area contributed by atoms with Crippen LogP contribution in [0.5, 0.6) is 11.5 Å². The highest BCUT2D eigenvalue weighted by Crippen LogP contribution is 2.36. The number of nitrogens with one attached hydrogen (secondary N) is 1. The number of fused-ring (bicyclic) bond motifs is 1. The van der Waals surface area contributed by atoms with Crippen LogP contribution in [0.1, 0.15) is 11.1 Å². The second-order valence-electron chi connectivity index (χ2n) is 7.72. The van der Waals surface area contributed by atoms with Gasteiger partial charge < -0.3 is 14.8 Å². The average Bonchev–Trinajstić information content (AvgIpc) is 3.09. The zero-order valence-corrected chi connectivity index (χ0v) is 17.9. The van der Waals surface area contributed by atoms with Crippen molar-refractivity contribution in [3.8, 4) is 11.5 Å². The number of ether oxygens (including phenoxy) is 2. The molecule has 0 fully saturated rings. The third kappa shape index (κ3) is 3.95. The SMILES string of the molecule is O=C1C(Nc2ccc3c(c2)OCCO3)=C(c2ccc([N+](=O)[O-])cc2)C(=O)N1Cc1ccccc1. The molecule has 170 valence electrons. The summed E-state index contributed by atoms with van der Waals surface area (Å²) in [5, 5.41) is 14.1. The zero-order chi connectivity index (χ0) is 23.7. The summed E-state index contributed by atoms with van der Waals surface area (Å²) in [5.74, 6) is 0.160. The van der Waals surface area contributed by atoms with E-state index in [2.05, 4.69) is 5.32 Å². The average molecular weight is 457 g/mol. The van der Waals surface area contributed by atoms with Crippen molar-refractivity contribution in [1.82, 2.24) is 4.90 Å². The molecule has 2 aliphatic rings. The molecule has 3 aromatic rings. The van der Waals surface area contributed by atoms with Gasteiger partial charge in [0.1, 0.15) is 18.9 Å². The van der Waals surface area contributed by atoms with Gasteiger partial charge in [0.05, 0.1) is 17.0 Å². The van der Waals surface area contributed by atoms with Crippen LogP contribution in [0.25, 0.3) is 5.57 Å². The van der Waals surface area contributed by atoms with Gasteiger partial charge in [-0.05, 0) is 35.4 Å². The van der Waals surface area contributed by atoms with Crippen LogP contribution in [0.2, 0.25) is 0 Å². The molecule has 0 spiro atoms. The molecule has 0 saturated carbocycles. The van der Waals surface area contributed by atoms with Crippen molar-refractivity contribution < 1.29 is 24.0 Å². The maximum atomic E-state index is 13.4. The molecule has 1 N–H and O–H groups in total. The standard InChI is InChI=1S/C25H19N3O6/c29-24-22(17-6-9-19(10-7-17)28(31)32)23(25(30)27(24)15-16-4-2-1-3-5-16)26-18-8-11-20-21(14-18)34-13-12-33-20/h1-11,14,26H,12-13,15H2. The van der Waals surface area contributed by atoms with E-state index >= 15 is 0 Å². The lowest BCUT2D eigenvalue weighted by atomic mass is 10.0. The second kappa shape index (κ2) is 8.70. The van der Waals surface area contributed by atoms with Gasteiger partial charge in [0.2, 0.25) is 0 Å². The summed E-state index contributed by atoms with van der Waals surface area (Å²) in [7, 11) is 0. The van der Waals surface area contributed by atoms with Crippen molar-refractivity contribution in [2.24, 2.45) is 0 Å². The molecule has 0 atom stereocenters. The van der Waals surface area contributed by atoms with E-state index in [1.165, 1.54) is 24.3 Å². The smallest absolute Gasteiger partial charge is 0.278 e. The number of carbonyl (C=O) groups excluding carboxylic acids is 2. The number of nitrogens with zero attached hydrogens (tertiary/aromatic N) is 2. The van der Waals surface area contributed by atoms with Crippen molar-refractivity contribution in [3.05, 3.63) is 99.7 Å². The van der Waals surface area contributed by atoms with Crippen molar-refractivity contribution in [2.45, 2.75) is 6.54 Å². The molecular weight excluding hydrogens is 438 g/mol. The number of carbonyl (C=O) groups is 2. The van der Waals surface area contributed by atoms with Crippen molar-refractivity contribution in [2.75, 3.05) is 18.5 Å². The third-order valence-corrected chi connectivity index (χ3v) is 5.53.